The van der Waals surface area contributed by atoms with E-state index in [0.717, 1.165) is 13.1 Å². The fraction of sp³-hybridized carbons (Fsp3) is 0.684. The van der Waals surface area contributed by atoms with Crippen molar-refractivity contribution in [2.75, 3.05) is 13.1 Å². The highest BCUT2D eigenvalue weighted by Crippen LogP contribution is 2.41. The number of halogens is 2. The Morgan fingerprint density at radius 1 is 0.955 bits per heavy atom. The van der Waals surface area contributed by atoms with Crippen LogP contribution in [-0.4, -0.2) is 24.0 Å². The Morgan fingerprint density at radius 3 is 1.82 bits per heavy atom. The summed E-state index contributed by atoms with van der Waals surface area (Å²) in [5.74, 6) is -3.21. The molecule has 1 saturated heterocycles. The van der Waals surface area contributed by atoms with Gasteiger partial charge in [-0.2, -0.15) is 0 Å². The zero-order valence-electron chi connectivity index (χ0n) is 15.1. The van der Waals surface area contributed by atoms with Crippen LogP contribution >= 0.6 is 0 Å². The van der Waals surface area contributed by atoms with Gasteiger partial charge in [-0.15, -0.1) is 0 Å². The molecular weight excluding hydrogens is 280 g/mol. The predicted molar refractivity (Wildman–Crippen MR) is 92.5 cm³/mol. The molecule has 0 aliphatic carbocycles. The fourth-order valence-electron chi connectivity index (χ4n) is 2.67. The van der Waals surface area contributed by atoms with Crippen LogP contribution in [0.1, 0.15) is 59.9 Å². The molecule has 1 aliphatic rings. The van der Waals surface area contributed by atoms with Crippen molar-refractivity contribution in [1.29, 1.82) is 0 Å². The lowest BCUT2D eigenvalue weighted by molar-refractivity contribution is -0.0875. The second kappa shape index (κ2) is 10.7. The summed E-state index contributed by atoms with van der Waals surface area (Å²) in [6.45, 7) is 13.8. The van der Waals surface area contributed by atoms with Crippen molar-refractivity contribution in [2.45, 2.75) is 66.3 Å². The van der Waals surface area contributed by atoms with E-state index in [9.17, 15) is 8.78 Å². The summed E-state index contributed by atoms with van der Waals surface area (Å²) < 4.78 is 28.7. The standard InChI is InChI=1S/C15H21F2N.2C2H6/c1-12(2)18-10-8-14(9-11-18)15(16,17)13-6-4-3-5-7-13;2*1-2/h3-7,12,14H,8-11H2,1-2H3;2*1-2H3. The molecule has 0 bridgehead atoms. The van der Waals surface area contributed by atoms with Gasteiger partial charge in [0, 0.05) is 17.5 Å². The maximum atomic E-state index is 14.4. The minimum atomic E-state index is -2.69. The molecule has 22 heavy (non-hydrogen) atoms. The van der Waals surface area contributed by atoms with Crippen LogP contribution in [0.4, 0.5) is 8.78 Å². The van der Waals surface area contributed by atoms with E-state index < -0.39 is 11.8 Å². The number of hydrogen-bond acceptors (Lipinski definition) is 1. The van der Waals surface area contributed by atoms with Gasteiger partial charge in [0.2, 0.25) is 0 Å². The average Bonchev–Trinajstić information content (AvgIpc) is 2.59. The highest BCUT2D eigenvalue weighted by Gasteiger charge is 2.42. The molecule has 1 aromatic carbocycles. The van der Waals surface area contributed by atoms with E-state index >= 15 is 0 Å². The average molecular weight is 313 g/mol. The molecule has 0 aromatic heterocycles. The monoisotopic (exact) mass is 313 g/mol. The third-order valence-electron chi connectivity index (χ3n) is 3.93. The Balaban J connectivity index is 0.00000102. The second-order valence-electron chi connectivity index (χ2n) is 5.39. The van der Waals surface area contributed by atoms with Gasteiger partial charge in [-0.3, -0.25) is 0 Å². The molecule has 0 radical (unpaired) electrons. The van der Waals surface area contributed by atoms with Crippen molar-refractivity contribution >= 4 is 0 Å². The van der Waals surface area contributed by atoms with Crippen molar-refractivity contribution in [3.63, 3.8) is 0 Å². The van der Waals surface area contributed by atoms with Gasteiger partial charge in [-0.05, 0) is 39.8 Å². The third-order valence-corrected chi connectivity index (χ3v) is 3.93. The highest BCUT2D eigenvalue weighted by molar-refractivity contribution is 5.21. The second-order valence-corrected chi connectivity index (χ2v) is 5.39. The molecule has 128 valence electrons. The third kappa shape index (κ3) is 5.68. The van der Waals surface area contributed by atoms with E-state index in [1.165, 1.54) is 12.1 Å². The van der Waals surface area contributed by atoms with Gasteiger partial charge in [0.15, 0.2) is 0 Å². The van der Waals surface area contributed by atoms with Crippen molar-refractivity contribution < 1.29 is 8.78 Å². The number of likely N-dealkylation sites (tertiary alicyclic amines) is 1. The smallest absolute Gasteiger partial charge is 0.276 e. The molecule has 0 N–H and O–H groups in total. The minimum Gasteiger partial charge on any atom is -0.301 e. The molecule has 2 rings (SSSR count). The van der Waals surface area contributed by atoms with Crippen LogP contribution in [0.25, 0.3) is 0 Å². The van der Waals surface area contributed by atoms with Gasteiger partial charge < -0.3 is 4.90 Å². The molecule has 0 spiro atoms. The van der Waals surface area contributed by atoms with Crippen LogP contribution in [0.5, 0.6) is 0 Å². The Kier molecular flexibility index (Phi) is 10.2. The summed E-state index contributed by atoms with van der Waals surface area (Å²) in [6.07, 6.45) is 1.17. The number of alkyl halides is 2. The summed E-state index contributed by atoms with van der Waals surface area (Å²) >= 11 is 0. The van der Waals surface area contributed by atoms with E-state index in [1.807, 2.05) is 27.7 Å². The molecule has 0 unspecified atom stereocenters. The maximum Gasteiger partial charge on any atom is 0.276 e. The lowest BCUT2D eigenvalue weighted by Crippen LogP contribution is -2.42. The quantitative estimate of drug-likeness (QED) is 0.666. The van der Waals surface area contributed by atoms with Crippen LogP contribution in [0, 0.1) is 5.92 Å². The molecule has 1 heterocycles. The molecule has 3 heteroatoms. The molecule has 1 nitrogen and oxygen atoms in total. The van der Waals surface area contributed by atoms with Crippen molar-refractivity contribution in [3.05, 3.63) is 35.9 Å². The lowest BCUT2D eigenvalue weighted by Gasteiger charge is -2.37. The Hall–Kier alpha value is -0.960. The Bertz CT molecular complexity index is 368. The van der Waals surface area contributed by atoms with E-state index in [0.29, 0.717) is 18.9 Å². The fourth-order valence-corrected chi connectivity index (χ4v) is 2.67. The van der Waals surface area contributed by atoms with E-state index in [-0.39, 0.29) is 5.56 Å². The topological polar surface area (TPSA) is 3.24 Å². The first-order chi connectivity index (χ1) is 10.5. The lowest BCUT2D eigenvalue weighted by atomic mass is 9.86. The van der Waals surface area contributed by atoms with E-state index in [4.69, 9.17) is 0 Å². The van der Waals surface area contributed by atoms with Gasteiger partial charge in [0.25, 0.3) is 5.92 Å². The van der Waals surface area contributed by atoms with Gasteiger partial charge >= 0.3 is 0 Å². The molecule has 1 aromatic rings. The predicted octanol–water partition coefficient (Wildman–Crippen LogP) is 5.95. The Labute approximate surface area is 135 Å². The molecule has 0 amide bonds. The number of hydrogen-bond donors (Lipinski definition) is 0. The van der Waals surface area contributed by atoms with Crippen LogP contribution in [-0.2, 0) is 5.92 Å². The van der Waals surface area contributed by atoms with Crippen LogP contribution in [0.2, 0.25) is 0 Å². The van der Waals surface area contributed by atoms with E-state index in [2.05, 4.69) is 18.7 Å². The summed E-state index contributed by atoms with van der Waals surface area (Å²) in [7, 11) is 0. The summed E-state index contributed by atoms with van der Waals surface area (Å²) in [6, 6.07) is 8.68. The normalized spacial score (nSPS) is 16.4. The minimum absolute atomic E-state index is 0.160. The number of rotatable bonds is 3. The zero-order valence-corrected chi connectivity index (χ0v) is 15.1. The number of benzene rings is 1. The highest BCUT2D eigenvalue weighted by atomic mass is 19.3. The van der Waals surface area contributed by atoms with Gasteiger partial charge in [-0.25, -0.2) is 8.78 Å². The first kappa shape index (κ1) is 21.0. The number of piperidine rings is 1. The van der Waals surface area contributed by atoms with Crippen molar-refractivity contribution in [1.82, 2.24) is 4.90 Å². The van der Waals surface area contributed by atoms with Gasteiger partial charge in [0.05, 0.1) is 0 Å². The molecule has 1 aliphatic heterocycles. The number of nitrogens with zero attached hydrogens (tertiary/aromatic N) is 1. The molecule has 1 fully saturated rings. The van der Waals surface area contributed by atoms with Gasteiger partial charge in [0.1, 0.15) is 0 Å². The van der Waals surface area contributed by atoms with Crippen molar-refractivity contribution in [3.8, 4) is 0 Å². The first-order valence-electron chi connectivity index (χ1n) is 8.69. The molecule has 0 saturated carbocycles. The van der Waals surface area contributed by atoms with Crippen LogP contribution in [0.3, 0.4) is 0 Å². The molecule has 0 atom stereocenters. The van der Waals surface area contributed by atoms with E-state index in [1.54, 1.807) is 18.2 Å². The SMILES string of the molecule is CC.CC.CC(C)N1CCC(C(F)(F)c2ccccc2)CC1. The largest absolute Gasteiger partial charge is 0.301 e. The molecular formula is C19H33F2N. The van der Waals surface area contributed by atoms with Crippen LogP contribution < -0.4 is 0 Å². The summed E-state index contributed by atoms with van der Waals surface area (Å²) in [5, 5.41) is 0. The Morgan fingerprint density at radius 2 is 1.41 bits per heavy atom. The maximum absolute atomic E-state index is 14.4. The zero-order chi connectivity index (χ0) is 17.2. The van der Waals surface area contributed by atoms with Crippen LogP contribution in [0.15, 0.2) is 30.3 Å². The summed E-state index contributed by atoms with van der Waals surface area (Å²) in [4.78, 5) is 2.28. The summed E-state index contributed by atoms with van der Waals surface area (Å²) in [5.41, 5.74) is 0.160. The first-order valence-corrected chi connectivity index (χ1v) is 8.69. The van der Waals surface area contributed by atoms with Crippen molar-refractivity contribution in [2.24, 2.45) is 5.92 Å². The van der Waals surface area contributed by atoms with Gasteiger partial charge in [-0.1, -0.05) is 58.0 Å².